The molecule has 1 aromatic carbocycles. The van der Waals surface area contributed by atoms with Gasteiger partial charge in [0.05, 0.1) is 4.92 Å². The van der Waals surface area contributed by atoms with Gasteiger partial charge in [-0.15, -0.1) is 0 Å². The molecule has 1 aromatic rings. The van der Waals surface area contributed by atoms with Crippen LogP contribution in [0, 0.1) is 22.0 Å². The van der Waals surface area contributed by atoms with Crippen LogP contribution in [0.5, 0.6) is 0 Å². The molecule has 0 saturated carbocycles. The lowest BCUT2D eigenvalue weighted by Gasteiger charge is -1.95. The minimum absolute atomic E-state index is 0.118. The molecule has 1 rings (SSSR count). The highest BCUT2D eigenvalue weighted by Gasteiger charge is 2.08. The molecule has 0 heterocycles. The van der Waals surface area contributed by atoms with Gasteiger partial charge in [0.15, 0.2) is 0 Å². The third-order valence-corrected chi connectivity index (χ3v) is 2.02. The number of non-ortho nitro benzene ring substituents is 1. The molecule has 1 N–H and O–H groups in total. The number of nitro benzene ring substituents is 1. The van der Waals surface area contributed by atoms with Crippen LogP contribution < -0.4 is 5.32 Å². The van der Waals surface area contributed by atoms with Gasteiger partial charge in [0.1, 0.15) is 6.29 Å². The lowest BCUT2D eigenvalue weighted by molar-refractivity contribution is -0.384. The summed E-state index contributed by atoms with van der Waals surface area (Å²) in [5.41, 5.74) is 0.627. The van der Waals surface area contributed by atoms with E-state index in [1.54, 1.807) is 0 Å². The second-order valence-electron chi connectivity index (χ2n) is 3.34. The number of nitrogens with zero attached hydrogens (tertiary/aromatic N) is 1. The zero-order valence-electron chi connectivity index (χ0n) is 9.40. The molecule has 0 aliphatic heterocycles. The standard InChI is InChI=1S/C12H12N2O3/c1-13-5-3-2-4-10-6-11(9-15)8-12(7-10)14(16)17/h6-9,13H,3,5H2,1H3. The first-order chi connectivity index (χ1) is 8.17. The summed E-state index contributed by atoms with van der Waals surface area (Å²) in [7, 11) is 1.82. The number of carbonyl (C=O) groups is 1. The van der Waals surface area contributed by atoms with Crippen molar-refractivity contribution in [3.63, 3.8) is 0 Å². The summed E-state index contributed by atoms with van der Waals surface area (Å²) in [6.45, 7) is 0.752. The van der Waals surface area contributed by atoms with Gasteiger partial charge >= 0.3 is 0 Å². The van der Waals surface area contributed by atoms with Gasteiger partial charge in [-0.2, -0.15) is 0 Å². The lowest BCUT2D eigenvalue weighted by Crippen LogP contribution is -2.05. The van der Waals surface area contributed by atoms with E-state index in [1.807, 2.05) is 7.05 Å². The number of rotatable bonds is 4. The topological polar surface area (TPSA) is 72.2 Å². The highest BCUT2D eigenvalue weighted by Crippen LogP contribution is 2.15. The fourth-order valence-corrected chi connectivity index (χ4v) is 1.23. The highest BCUT2D eigenvalue weighted by atomic mass is 16.6. The van der Waals surface area contributed by atoms with Crippen LogP contribution in [0.4, 0.5) is 5.69 Å². The van der Waals surface area contributed by atoms with Crippen LogP contribution in [-0.2, 0) is 0 Å². The molecular weight excluding hydrogens is 220 g/mol. The Morgan fingerprint density at radius 1 is 1.47 bits per heavy atom. The van der Waals surface area contributed by atoms with Crippen molar-refractivity contribution in [2.45, 2.75) is 6.42 Å². The van der Waals surface area contributed by atoms with Crippen LogP contribution in [0.3, 0.4) is 0 Å². The summed E-state index contributed by atoms with van der Waals surface area (Å²) in [5.74, 6) is 5.67. The molecule has 0 spiro atoms. The van der Waals surface area contributed by atoms with Gasteiger partial charge in [0, 0.05) is 36.2 Å². The molecule has 17 heavy (non-hydrogen) atoms. The van der Waals surface area contributed by atoms with Crippen molar-refractivity contribution < 1.29 is 9.72 Å². The fraction of sp³-hybridized carbons (Fsp3) is 0.250. The van der Waals surface area contributed by atoms with Crippen LogP contribution in [0.25, 0.3) is 0 Å². The van der Waals surface area contributed by atoms with Crippen LogP contribution in [0.1, 0.15) is 22.3 Å². The summed E-state index contributed by atoms with van der Waals surface area (Å²) in [5, 5.41) is 13.6. The monoisotopic (exact) mass is 232 g/mol. The maximum atomic E-state index is 10.6. The number of hydrogen-bond acceptors (Lipinski definition) is 4. The molecule has 5 heteroatoms. The second-order valence-corrected chi connectivity index (χ2v) is 3.34. The molecule has 0 aliphatic rings. The molecule has 0 radical (unpaired) electrons. The van der Waals surface area contributed by atoms with E-state index in [-0.39, 0.29) is 11.3 Å². The summed E-state index contributed by atoms with van der Waals surface area (Å²) in [6.07, 6.45) is 1.22. The molecule has 5 nitrogen and oxygen atoms in total. The van der Waals surface area contributed by atoms with E-state index in [1.165, 1.54) is 18.2 Å². The Bertz CT molecular complexity index is 486. The van der Waals surface area contributed by atoms with Crippen LogP contribution in [-0.4, -0.2) is 24.8 Å². The van der Waals surface area contributed by atoms with E-state index in [0.29, 0.717) is 18.3 Å². The highest BCUT2D eigenvalue weighted by molar-refractivity contribution is 5.77. The van der Waals surface area contributed by atoms with Gasteiger partial charge in [-0.25, -0.2) is 0 Å². The third-order valence-electron chi connectivity index (χ3n) is 2.02. The zero-order valence-corrected chi connectivity index (χ0v) is 9.40. The second kappa shape index (κ2) is 6.40. The Morgan fingerprint density at radius 3 is 2.82 bits per heavy atom. The predicted molar refractivity (Wildman–Crippen MR) is 63.9 cm³/mol. The molecule has 0 amide bonds. The first-order valence-corrected chi connectivity index (χ1v) is 5.05. The SMILES string of the molecule is CNCCC#Cc1cc(C=O)cc([N+](=O)[O-])c1. The maximum Gasteiger partial charge on any atom is 0.271 e. The van der Waals surface area contributed by atoms with Crippen molar-refractivity contribution in [1.29, 1.82) is 0 Å². The molecule has 0 atom stereocenters. The van der Waals surface area contributed by atoms with Crippen molar-refractivity contribution in [3.05, 3.63) is 39.4 Å². The number of carbonyl (C=O) groups excluding carboxylic acids is 1. The third kappa shape index (κ3) is 4.05. The van der Waals surface area contributed by atoms with Gasteiger partial charge in [-0.05, 0) is 13.1 Å². The minimum Gasteiger partial charge on any atom is -0.319 e. The van der Waals surface area contributed by atoms with Gasteiger partial charge in [0.25, 0.3) is 5.69 Å². The summed E-state index contributed by atoms with van der Waals surface area (Å²) < 4.78 is 0. The Hall–Kier alpha value is -2.19. The van der Waals surface area contributed by atoms with E-state index in [4.69, 9.17) is 0 Å². The van der Waals surface area contributed by atoms with Crippen molar-refractivity contribution in [2.75, 3.05) is 13.6 Å². The Balaban J connectivity index is 2.97. The average Bonchev–Trinajstić information content (AvgIpc) is 2.34. The summed E-state index contributed by atoms with van der Waals surface area (Å²) in [6, 6.07) is 4.12. The first kappa shape index (κ1) is 12.9. The fourth-order valence-electron chi connectivity index (χ4n) is 1.23. The smallest absolute Gasteiger partial charge is 0.271 e. The lowest BCUT2D eigenvalue weighted by atomic mass is 10.1. The van der Waals surface area contributed by atoms with Gasteiger partial charge in [-0.1, -0.05) is 11.8 Å². The molecule has 0 aromatic heterocycles. The average molecular weight is 232 g/mol. The van der Waals surface area contributed by atoms with Crippen LogP contribution in [0.15, 0.2) is 18.2 Å². The van der Waals surface area contributed by atoms with Crippen molar-refractivity contribution >= 4 is 12.0 Å². The number of benzene rings is 1. The number of nitro groups is 1. The van der Waals surface area contributed by atoms with Gasteiger partial charge < -0.3 is 5.32 Å². The zero-order chi connectivity index (χ0) is 12.7. The summed E-state index contributed by atoms with van der Waals surface area (Å²) in [4.78, 5) is 20.7. The Kier molecular flexibility index (Phi) is 4.85. The van der Waals surface area contributed by atoms with Gasteiger partial charge in [-0.3, -0.25) is 14.9 Å². The van der Waals surface area contributed by atoms with Crippen molar-refractivity contribution in [3.8, 4) is 11.8 Å². The largest absolute Gasteiger partial charge is 0.319 e. The van der Waals surface area contributed by atoms with E-state index in [9.17, 15) is 14.9 Å². The predicted octanol–water partition coefficient (Wildman–Crippen LogP) is 1.37. The van der Waals surface area contributed by atoms with Crippen molar-refractivity contribution in [1.82, 2.24) is 5.32 Å². The number of hydrogen-bond donors (Lipinski definition) is 1. The number of nitrogens with one attached hydrogen (secondary N) is 1. The van der Waals surface area contributed by atoms with Crippen LogP contribution >= 0.6 is 0 Å². The summed E-state index contributed by atoms with van der Waals surface area (Å²) >= 11 is 0. The first-order valence-electron chi connectivity index (χ1n) is 5.05. The molecule has 0 aliphatic carbocycles. The Morgan fingerprint density at radius 2 is 2.24 bits per heavy atom. The molecule has 0 saturated heterocycles. The maximum absolute atomic E-state index is 10.6. The molecule has 0 fully saturated rings. The normalized spacial score (nSPS) is 9.24. The Labute approximate surface area is 99.0 Å². The molecule has 88 valence electrons. The van der Waals surface area contributed by atoms with Crippen molar-refractivity contribution in [2.24, 2.45) is 0 Å². The molecular formula is C12H12N2O3. The van der Waals surface area contributed by atoms with E-state index in [2.05, 4.69) is 17.2 Å². The molecule has 0 bridgehead atoms. The minimum atomic E-state index is -0.536. The van der Waals surface area contributed by atoms with E-state index >= 15 is 0 Å². The van der Waals surface area contributed by atoms with Gasteiger partial charge in [0.2, 0.25) is 0 Å². The van der Waals surface area contributed by atoms with E-state index in [0.717, 1.165) is 6.54 Å². The quantitative estimate of drug-likeness (QED) is 0.280. The van der Waals surface area contributed by atoms with Crippen LogP contribution in [0.2, 0.25) is 0 Å². The number of aldehydes is 1. The van der Waals surface area contributed by atoms with E-state index < -0.39 is 4.92 Å². The molecule has 0 unspecified atom stereocenters.